The predicted octanol–water partition coefficient (Wildman–Crippen LogP) is 20.8. The molecule has 0 aliphatic rings. The van der Waals surface area contributed by atoms with Crippen LogP contribution in [0.25, 0.3) is 0 Å². The van der Waals surface area contributed by atoms with E-state index in [-0.39, 0.29) is 18.5 Å². The fourth-order valence-corrected chi connectivity index (χ4v) is 10.1. The number of esters is 1. The first-order valence-corrected chi connectivity index (χ1v) is 32.8. The zero-order valence-corrected chi connectivity index (χ0v) is 49.1. The molecule has 0 fully saturated rings. The van der Waals surface area contributed by atoms with E-state index in [9.17, 15) is 19.8 Å². The van der Waals surface area contributed by atoms with Gasteiger partial charge in [0.1, 0.15) is 0 Å². The molecule has 6 nitrogen and oxygen atoms in total. The number of nitrogens with one attached hydrogen (secondary N) is 1. The van der Waals surface area contributed by atoms with Gasteiger partial charge >= 0.3 is 5.97 Å². The van der Waals surface area contributed by atoms with E-state index < -0.39 is 12.1 Å². The second kappa shape index (κ2) is 62.6. The summed E-state index contributed by atoms with van der Waals surface area (Å²) in [6.45, 7) is 4.88. The highest BCUT2D eigenvalue weighted by Gasteiger charge is 2.18. The number of carbonyl (C=O) groups is 2. The Kier molecular flexibility index (Phi) is 61.0. The van der Waals surface area contributed by atoms with E-state index in [1.54, 1.807) is 6.08 Å². The zero-order valence-electron chi connectivity index (χ0n) is 49.1. The van der Waals surface area contributed by atoms with Gasteiger partial charge in [0.2, 0.25) is 5.91 Å². The quantitative estimate of drug-likeness (QED) is 0.0320. The Bertz CT molecular complexity index is 1180. The third-order valence-electron chi connectivity index (χ3n) is 15.2. The van der Waals surface area contributed by atoms with Gasteiger partial charge in [0.25, 0.3) is 0 Å². The molecule has 0 spiro atoms. The van der Waals surface area contributed by atoms with E-state index in [1.807, 2.05) is 6.08 Å². The van der Waals surface area contributed by atoms with Crippen molar-refractivity contribution in [3.8, 4) is 0 Å². The van der Waals surface area contributed by atoms with Gasteiger partial charge in [-0.1, -0.05) is 314 Å². The van der Waals surface area contributed by atoms with Crippen LogP contribution in [0.15, 0.2) is 36.5 Å². The molecule has 1 amide bonds. The van der Waals surface area contributed by atoms with Crippen LogP contribution < -0.4 is 5.32 Å². The van der Waals surface area contributed by atoms with Gasteiger partial charge in [-0.2, -0.15) is 0 Å². The summed E-state index contributed by atoms with van der Waals surface area (Å²) >= 11 is 0. The van der Waals surface area contributed by atoms with Crippen LogP contribution in [-0.4, -0.2) is 47.4 Å². The van der Waals surface area contributed by atoms with Crippen molar-refractivity contribution in [3.05, 3.63) is 36.5 Å². The molecule has 0 saturated heterocycles. The van der Waals surface area contributed by atoms with Gasteiger partial charge in [-0.15, -0.1) is 0 Å². The Labute approximate surface area is 455 Å². The summed E-state index contributed by atoms with van der Waals surface area (Å²) in [5.41, 5.74) is 0. The molecule has 73 heavy (non-hydrogen) atoms. The second-order valence-corrected chi connectivity index (χ2v) is 22.5. The topological polar surface area (TPSA) is 95.9 Å². The maximum atomic E-state index is 12.4. The van der Waals surface area contributed by atoms with Crippen LogP contribution in [0.1, 0.15) is 354 Å². The van der Waals surface area contributed by atoms with E-state index >= 15 is 0 Å². The minimum absolute atomic E-state index is 0.00511. The molecule has 0 saturated carbocycles. The number of allylic oxidation sites excluding steroid dienone is 5. The van der Waals surface area contributed by atoms with Gasteiger partial charge in [-0.05, 0) is 64.2 Å². The molecule has 0 aromatic rings. The van der Waals surface area contributed by atoms with Gasteiger partial charge in [-0.25, -0.2) is 0 Å². The summed E-state index contributed by atoms with van der Waals surface area (Å²) in [4.78, 5) is 24.5. The molecule has 0 aliphatic heterocycles. The van der Waals surface area contributed by atoms with Crippen LogP contribution >= 0.6 is 0 Å². The van der Waals surface area contributed by atoms with Crippen molar-refractivity contribution >= 4 is 11.9 Å². The third-order valence-corrected chi connectivity index (χ3v) is 15.2. The minimum atomic E-state index is -0.841. The van der Waals surface area contributed by atoms with Crippen molar-refractivity contribution < 1.29 is 24.5 Å². The summed E-state index contributed by atoms with van der Waals surface area (Å²) in [6, 6.07) is -0.624. The fourth-order valence-electron chi connectivity index (χ4n) is 10.1. The molecule has 0 bridgehead atoms. The average Bonchev–Trinajstić information content (AvgIpc) is 3.39. The molecule has 3 N–H and O–H groups in total. The van der Waals surface area contributed by atoms with Crippen LogP contribution in [0.2, 0.25) is 0 Å². The average molecular weight is 1030 g/mol. The Morgan fingerprint density at radius 1 is 0.384 bits per heavy atom. The number of hydrogen-bond donors (Lipinski definition) is 3. The first-order valence-electron chi connectivity index (χ1n) is 32.8. The molecule has 0 rings (SSSR count). The van der Waals surface area contributed by atoms with Crippen LogP contribution in [0.4, 0.5) is 0 Å². The molecule has 6 heteroatoms. The largest absolute Gasteiger partial charge is 0.466 e. The predicted molar refractivity (Wildman–Crippen MR) is 319 cm³/mol. The van der Waals surface area contributed by atoms with Crippen molar-refractivity contribution in [2.75, 3.05) is 13.2 Å². The number of carbonyl (C=O) groups excluding carboxylic acids is 2. The zero-order chi connectivity index (χ0) is 52.9. The lowest BCUT2D eigenvalue weighted by Gasteiger charge is -2.20. The first kappa shape index (κ1) is 71.1. The van der Waals surface area contributed by atoms with Crippen LogP contribution in [0, 0.1) is 0 Å². The van der Waals surface area contributed by atoms with Gasteiger partial charge in [0.05, 0.1) is 25.4 Å². The highest BCUT2D eigenvalue weighted by molar-refractivity contribution is 5.76. The Morgan fingerprint density at radius 3 is 1.07 bits per heavy atom. The van der Waals surface area contributed by atoms with E-state index in [2.05, 4.69) is 43.5 Å². The van der Waals surface area contributed by atoms with Crippen LogP contribution in [-0.2, 0) is 14.3 Å². The molecule has 2 atom stereocenters. The van der Waals surface area contributed by atoms with Gasteiger partial charge in [-0.3, -0.25) is 9.59 Å². The lowest BCUT2D eigenvalue weighted by atomic mass is 10.0. The van der Waals surface area contributed by atoms with E-state index in [1.165, 1.54) is 276 Å². The van der Waals surface area contributed by atoms with E-state index in [4.69, 9.17) is 4.74 Å². The van der Waals surface area contributed by atoms with E-state index in [0.717, 1.165) is 51.4 Å². The highest BCUT2D eigenvalue weighted by atomic mass is 16.5. The number of aliphatic hydroxyl groups excluding tert-OH is 2. The van der Waals surface area contributed by atoms with Crippen molar-refractivity contribution in [2.24, 2.45) is 0 Å². The van der Waals surface area contributed by atoms with Crippen molar-refractivity contribution in [3.63, 3.8) is 0 Å². The third kappa shape index (κ3) is 59.2. The van der Waals surface area contributed by atoms with Crippen molar-refractivity contribution in [1.29, 1.82) is 0 Å². The number of aliphatic hydroxyl groups is 2. The smallest absolute Gasteiger partial charge is 0.305 e. The molecule has 0 aromatic carbocycles. The summed E-state index contributed by atoms with van der Waals surface area (Å²) in [6.07, 6.45) is 79.2. The molecule has 0 radical (unpaired) electrons. The summed E-state index contributed by atoms with van der Waals surface area (Å²) in [5, 5.41) is 23.1. The monoisotopic (exact) mass is 1030 g/mol. The Hall–Kier alpha value is -1.92. The van der Waals surface area contributed by atoms with Gasteiger partial charge < -0.3 is 20.3 Å². The number of rotatable bonds is 61. The fraction of sp³-hybridized carbons (Fsp3) is 0.881. The van der Waals surface area contributed by atoms with E-state index in [0.29, 0.717) is 19.4 Å². The maximum absolute atomic E-state index is 12.4. The van der Waals surface area contributed by atoms with Gasteiger partial charge in [0.15, 0.2) is 0 Å². The second-order valence-electron chi connectivity index (χ2n) is 22.5. The number of amides is 1. The highest BCUT2D eigenvalue weighted by Crippen LogP contribution is 2.18. The molecular formula is C67H127NO5. The van der Waals surface area contributed by atoms with Gasteiger partial charge in [0, 0.05) is 12.8 Å². The summed E-state index contributed by atoms with van der Waals surface area (Å²) in [5.74, 6) is -0.0591. The molecule has 430 valence electrons. The SMILES string of the molecule is CCCCC/C=C\C/C=C\CCCCCCCC(=O)OCCCCCCCCCCCCCCCCCCCCCCCCCCCCCCCC(=O)N[C@@H](CO)[C@H](O)/C=C/CCCCCCCCCCCC. The molecule has 0 aliphatic carbocycles. The minimum Gasteiger partial charge on any atom is -0.466 e. The Balaban J connectivity index is 3.34. The lowest BCUT2D eigenvalue weighted by Crippen LogP contribution is -2.45. The first-order chi connectivity index (χ1) is 36.0. The normalized spacial score (nSPS) is 12.8. The number of hydrogen-bond acceptors (Lipinski definition) is 5. The summed E-state index contributed by atoms with van der Waals surface area (Å²) in [7, 11) is 0. The lowest BCUT2D eigenvalue weighted by molar-refractivity contribution is -0.143. The van der Waals surface area contributed by atoms with Crippen LogP contribution in [0.3, 0.4) is 0 Å². The molecule has 0 unspecified atom stereocenters. The molecular weight excluding hydrogens is 899 g/mol. The summed E-state index contributed by atoms with van der Waals surface area (Å²) < 4.78 is 5.48. The standard InChI is InChI=1S/C67H127NO5/c1-3-5-7-9-11-13-15-17-33-37-41-45-49-53-57-61-67(72)73-62-58-54-50-46-42-38-35-32-30-28-26-24-22-20-18-19-21-23-25-27-29-31-34-36-40-44-48-52-56-60-66(71)68-64(63-69)65(70)59-55-51-47-43-39-16-14-12-10-8-6-4-2/h11,13,17,33,55,59,64-65,69-70H,3-10,12,14-16,18-32,34-54,56-58,60-63H2,1-2H3,(H,68,71)/b13-11-,33-17-,59-55+/t64-,65+/m0/s1. The van der Waals surface area contributed by atoms with Crippen molar-refractivity contribution in [2.45, 2.75) is 366 Å². The molecule has 0 aromatic heterocycles. The number of ether oxygens (including phenoxy) is 1. The Morgan fingerprint density at radius 2 is 0.685 bits per heavy atom. The number of unbranched alkanes of at least 4 members (excludes halogenated alkanes) is 46. The maximum Gasteiger partial charge on any atom is 0.305 e. The van der Waals surface area contributed by atoms with Crippen LogP contribution in [0.5, 0.6) is 0 Å². The van der Waals surface area contributed by atoms with Crippen molar-refractivity contribution in [1.82, 2.24) is 5.32 Å². The molecule has 0 heterocycles.